The van der Waals surface area contributed by atoms with E-state index in [1.165, 1.54) is 0 Å². The van der Waals surface area contributed by atoms with Crippen LogP contribution in [0.25, 0.3) is 11.0 Å². The molecule has 1 aromatic heterocycles. The summed E-state index contributed by atoms with van der Waals surface area (Å²) in [6.45, 7) is 9.70. The van der Waals surface area contributed by atoms with Crippen molar-refractivity contribution >= 4 is 16.9 Å². The first-order valence-electron chi connectivity index (χ1n) is 10.9. The summed E-state index contributed by atoms with van der Waals surface area (Å²) >= 11 is 0. The fraction of sp³-hybridized carbons (Fsp3) is 0.360. The fourth-order valence-electron chi connectivity index (χ4n) is 4.27. The van der Waals surface area contributed by atoms with E-state index in [2.05, 4.69) is 18.7 Å². The van der Waals surface area contributed by atoms with E-state index < -0.39 is 6.04 Å². The van der Waals surface area contributed by atoms with Crippen LogP contribution in [-0.4, -0.2) is 48.5 Å². The quantitative estimate of drug-likeness (QED) is 0.550. The zero-order valence-corrected chi connectivity index (χ0v) is 18.3. The monoisotopic (exact) mass is 420 g/mol. The highest BCUT2D eigenvalue weighted by molar-refractivity contribution is 5.99. The molecule has 0 unspecified atom stereocenters. The van der Waals surface area contributed by atoms with E-state index in [0.29, 0.717) is 29.7 Å². The van der Waals surface area contributed by atoms with Crippen molar-refractivity contribution in [3.8, 4) is 5.75 Å². The molecule has 1 atom stereocenters. The van der Waals surface area contributed by atoms with Gasteiger partial charge < -0.3 is 19.0 Å². The normalized spacial score (nSPS) is 15.7. The van der Waals surface area contributed by atoms with E-state index in [4.69, 9.17) is 9.15 Å². The third kappa shape index (κ3) is 3.83. The van der Waals surface area contributed by atoms with E-state index in [1.54, 1.807) is 23.1 Å². The lowest BCUT2D eigenvalue weighted by atomic mass is 9.98. The van der Waals surface area contributed by atoms with Crippen molar-refractivity contribution in [2.24, 2.45) is 0 Å². The predicted molar refractivity (Wildman–Crippen MR) is 121 cm³/mol. The molecule has 0 saturated heterocycles. The Balaban J connectivity index is 1.85. The molecule has 0 N–H and O–H groups in total. The van der Waals surface area contributed by atoms with Crippen LogP contribution in [0, 0.1) is 0 Å². The molecule has 1 aliphatic heterocycles. The molecular weight excluding hydrogens is 392 g/mol. The smallest absolute Gasteiger partial charge is 0.290 e. The number of rotatable bonds is 8. The standard InChI is InChI=1S/C25H28N2O4/c1-4-26(5-2)14-15-27-22(17-10-9-11-18(16-17)30-6-3)21-23(28)19-12-7-8-13-20(19)31-24(21)25(27)29/h7-13,16,22H,4-6,14-15H2,1-3H3/t22-/m1/s1. The third-order valence-electron chi connectivity index (χ3n) is 5.91. The highest BCUT2D eigenvalue weighted by Gasteiger charge is 2.42. The number of carbonyl (C=O) groups excluding carboxylic acids is 1. The molecule has 0 bridgehead atoms. The van der Waals surface area contributed by atoms with Gasteiger partial charge in [-0.1, -0.05) is 38.1 Å². The Morgan fingerprint density at radius 1 is 1.03 bits per heavy atom. The number of nitrogens with zero attached hydrogens (tertiary/aromatic N) is 2. The Morgan fingerprint density at radius 3 is 2.55 bits per heavy atom. The molecule has 0 radical (unpaired) electrons. The minimum atomic E-state index is -0.501. The van der Waals surface area contributed by atoms with Gasteiger partial charge in [-0.2, -0.15) is 0 Å². The van der Waals surface area contributed by atoms with Crippen LogP contribution in [-0.2, 0) is 0 Å². The van der Waals surface area contributed by atoms with Crippen LogP contribution in [0.3, 0.4) is 0 Å². The van der Waals surface area contributed by atoms with Gasteiger partial charge in [0.15, 0.2) is 5.43 Å². The maximum Gasteiger partial charge on any atom is 0.290 e. The van der Waals surface area contributed by atoms with Crippen LogP contribution >= 0.6 is 0 Å². The van der Waals surface area contributed by atoms with Gasteiger partial charge in [0.25, 0.3) is 5.91 Å². The summed E-state index contributed by atoms with van der Waals surface area (Å²) in [5.41, 5.74) is 1.55. The number of hydrogen-bond donors (Lipinski definition) is 0. The lowest BCUT2D eigenvalue weighted by molar-refractivity contribution is 0.0708. The van der Waals surface area contributed by atoms with Gasteiger partial charge in [-0.25, -0.2) is 0 Å². The first kappa shape index (κ1) is 21.1. The maximum absolute atomic E-state index is 13.5. The van der Waals surface area contributed by atoms with Crippen molar-refractivity contribution in [1.82, 2.24) is 9.80 Å². The zero-order chi connectivity index (χ0) is 22.0. The Kier molecular flexibility index (Phi) is 6.09. The summed E-state index contributed by atoms with van der Waals surface area (Å²) in [5, 5.41) is 0.491. The van der Waals surface area contributed by atoms with Crippen molar-refractivity contribution < 1.29 is 13.9 Å². The van der Waals surface area contributed by atoms with E-state index in [9.17, 15) is 9.59 Å². The molecule has 1 amide bonds. The average molecular weight is 421 g/mol. The predicted octanol–water partition coefficient (Wildman–Crippen LogP) is 4.08. The van der Waals surface area contributed by atoms with E-state index >= 15 is 0 Å². The van der Waals surface area contributed by atoms with Crippen LogP contribution in [0.2, 0.25) is 0 Å². The first-order valence-corrected chi connectivity index (χ1v) is 10.9. The Morgan fingerprint density at radius 2 is 1.81 bits per heavy atom. The number of ether oxygens (including phenoxy) is 1. The molecule has 2 heterocycles. The molecule has 2 aromatic carbocycles. The maximum atomic E-state index is 13.5. The second-order valence-electron chi connectivity index (χ2n) is 7.60. The van der Waals surface area contributed by atoms with Crippen LogP contribution in [0.5, 0.6) is 5.75 Å². The molecule has 1 aliphatic rings. The van der Waals surface area contributed by atoms with Crippen LogP contribution in [0.15, 0.2) is 57.7 Å². The Labute approximate surface area is 182 Å². The molecule has 6 nitrogen and oxygen atoms in total. The van der Waals surface area contributed by atoms with Gasteiger partial charge in [0.05, 0.1) is 23.6 Å². The number of likely N-dealkylation sites (N-methyl/N-ethyl adjacent to an activating group) is 1. The van der Waals surface area contributed by atoms with Crippen molar-refractivity contribution in [2.45, 2.75) is 26.8 Å². The summed E-state index contributed by atoms with van der Waals surface area (Å²) in [4.78, 5) is 30.9. The summed E-state index contributed by atoms with van der Waals surface area (Å²) in [6.07, 6.45) is 0. The second kappa shape index (κ2) is 8.94. The second-order valence-corrected chi connectivity index (χ2v) is 7.60. The first-order chi connectivity index (χ1) is 15.1. The molecule has 0 spiro atoms. The topological polar surface area (TPSA) is 63.0 Å². The summed E-state index contributed by atoms with van der Waals surface area (Å²) in [7, 11) is 0. The molecule has 4 rings (SSSR count). The van der Waals surface area contributed by atoms with Gasteiger partial charge in [-0.05, 0) is 49.8 Å². The van der Waals surface area contributed by atoms with Crippen LogP contribution < -0.4 is 10.2 Å². The number of benzene rings is 2. The summed E-state index contributed by atoms with van der Waals surface area (Å²) in [6, 6.07) is 14.2. The number of fused-ring (bicyclic) bond motifs is 2. The number of hydrogen-bond acceptors (Lipinski definition) is 5. The highest BCUT2D eigenvalue weighted by Crippen LogP contribution is 2.38. The Hall–Kier alpha value is -3.12. The lowest BCUT2D eigenvalue weighted by Gasteiger charge is -2.28. The van der Waals surface area contributed by atoms with Gasteiger partial charge in [0, 0.05) is 13.1 Å². The van der Waals surface area contributed by atoms with Gasteiger partial charge in [-0.15, -0.1) is 0 Å². The molecule has 0 aliphatic carbocycles. The van der Waals surface area contributed by atoms with Crippen molar-refractivity contribution in [3.05, 3.63) is 75.6 Å². The SMILES string of the molecule is CCOc1cccc([C@@H]2c3c(oc4ccccc4c3=O)C(=O)N2CCN(CC)CC)c1. The fourth-order valence-corrected chi connectivity index (χ4v) is 4.27. The van der Waals surface area contributed by atoms with Crippen molar-refractivity contribution in [2.75, 3.05) is 32.8 Å². The summed E-state index contributed by atoms with van der Waals surface area (Å²) < 4.78 is 11.7. The minimum Gasteiger partial charge on any atom is -0.494 e. The minimum absolute atomic E-state index is 0.148. The van der Waals surface area contributed by atoms with Gasteiger partial charge >= 0.3 is 0 Å². The molecule has 6 heteroatoms. The van der Waals surface area contributed by atoms with E-state index in [-0.39, 0.29) is 17.1 Å². The van der Waals surface area contributed by atoms with Gasteiger partial charge in [0.2, 0.25) is 5.76 Å². The number of para-hydroxylation sites is 1. The average Bonchev–Trinajstić information content (AvgIpc) is 3.07. The zero-order valence-electron chi connectivity index (χ0n) is 18.3. The van der Waals surface area contributed by atoms with Crippen molar-refractivity contribution in [1.29, 1.82) is 0 Å². The molecule has 3 aromatic rings. The third-order valence-corrected chi connectivity index (χ3v) is 5.91. The molecular formula is C25H28N2O4. The molecule has 0 fully saturated rings. The van der Waals surface area contributed by atoms with E-state index in [1.807, 2.05) is 37.3 Å². The van der Waals surface area contributed by atoms with E-state index in [0.717, 1.165) is 30.9 Å². The number of carbonyl (C=O) groups is 1. The number of amides is 1. The van der Waals surface area contributed by atoms with Gasteiger partial charge in [-0.3, -0.25) is 9.59 Å². The van der Waals surface area contributed by atoms with Crippen molar-refractivity contribution in [3.63, 3.8) is 0 Å². The molecule has 0 saturated carbocycles. The highest BCUT2D eigenvalue weighted by atomic mass is 16.5. The Bertz CT molecular complexity index is 1150. The largest absolute Gasteiger partial charge is 0.494 e. The van der Waals surface area contributed by atoms with Crippen LogP contribution in [0.4, 0.5) is 0 Å². The molecule has 162 valence electrons. The summed E-state index contributed by atoms with van der Waals surface area (Å²) in [5.74, 6) is 0.627. The lowest BCUT2D eigenvalue weighted by Crippen LogP contribution is -2.37. The van der Waals surface area contributed by atoms with Gasteiger partial charge in [0.1, 0.15) is 11.3 Å². The van der Waals surface area contributed by atoms with Crippen LogP contribution in [0.1, 0.15) is 48.5 Å². The molecule has 31 heavy (non-hydrogen) atoms.